The molecule has 1 heterocycles. The summed E-state index contributed by atoms with van der Waals surface area (Å²) in [5, 5.41) is 12.4. The topological polar surface area (TPSA) is 63.1 Å². The summed E-state index contributed by atoms with van der Waals surface area (Å²) >= 11 is 4.19. The number of hydrogen-bond donors (Lipinski definition) is 2. The second-order valence-electron chi connectivity index (χ2n) is 5.83. The van der Waals surface area contributed by atoms with Crippen molar-refractivity contribution in [1.29, 1.82) is 0 Å². The predicted molar refractivity (Wildman–Crippen MR) is 102 cm³/mol. The SMILES string of the molecule is CCCCC1(OC(=O)c2cc(I)cc(I)c2O)CC[NH2+]CC1. The van der Waals surface area contributed by atoms with Crippen molar-refractivity contribution in [2.45, 2.75) is 44.6 Å². The molecule has 6 heteroatoms. The molecule has 0 saturated carbocycles. The Hall–Kier alpha value is -0.0900. The van der Waals surface area contributed by atoms with Crippen molar-refractivity contribution in [3.05, 3.63) is 24.8 Å². The summed E-state index contributed by atoms with van der Waals surface area (Å²) < 4.78 is 7.53. The molecule has 4 nitrogen and oxygen atoms in total. The summed E-state index contributed by atoms with van der Waals surface area (Å²) in [5.74, 6) is -0.369. The number of piperidine rings is 1. The van der Waals surface area contributed by atoms with Crippen LogP contribution in [-0.4, -0.2) is 29.8 Å². The van der Waals surface area contributed by atoms with Crippen LogP contribution < -0.4 is 5.32 Å². The van der Waals surface area contributed by atoms with Gasteiger partial charge in [-0.25, -0.2) is 4.79 Å². The second kappa shape index (κ2) is 8.14. The number of esters is 1. The first-order valence-electron chi connectivity index (χ1n) is 7.70. The minimum absolute atomic E-state index is 0.0269. The highest BCUT2D eigenvalue weighted by Gasteiger charge is 2.38. The highest BCUT2D eigenvalue weighted by molar-refractivity contribution is 14.1. The van der Waals surface area contributed by atoms with Crippen LogP contribution in [0.3, 0.4) is 0 Å². The van der Waals surface area contributed by atoms with Gasteiger partial charge in [-0.05, 0) is 70.2 Å². The van der Waals surface area contributed by atoms with Gasteiger partial charge < -0.3 is 15.2 Å². The molecule has 0 aliphatic carbocycles. The minimum atomic E-state index is -0.396. The number of nitrogens with two attached hydrogens (primary N) is 1. The molecular weight excluding hydrogens is 508 g/mol. The Morgan fingerprint density at radius 3 is 2.68 bits per heavy atom. The molecule has 1 saturated heterocycles. The lowest BCUT2D eigenvalue weighted by Crippen LogP contribution is -2.88. The Labute approximate surface area is 158 Å². The van der Waals surface area contributed by atoms with Crippen LogP contribution in [-0.2, 0) is 4.74 Å². The molecule has 0 amide bonds. The van der Waals surface area contributed by atoms with Crippen LogP contribution in [0.5, 0.6) is 5.75 Å². The number of quaternary nitrogens is 1. The van der Waals surface area contributed by atoms with Crippen molar-refractivity contribution in [1.82, 2.24) is 0 Å². The van der Waals surface area contributed by atoms with E-state index in [0.717, 1.165) is 48.8 Å². The molecule has 1 aromatic carbocycles. The smallest absolute Gasteiger partial charge is 0.342 e. The Morgan fingerprint density at radius 2 is 2.05 bits per heavy atom. The number of carbonyl (C=O) groups is 1. The van der Waals surface area contributed by atoms with Crippen LogP contribution in [0.1, 0.15) is 49.4 Å². The molecule has 22 heavy (non-hydrogen) atoms. The third-order valence-corrected chi connectivity index (χ3v) is 5.60. The van der Waals surface area contributed by atoms with E-state index in [1.807, 2.05) is 28.7 Å². The lowest BCUT2D eigenvalue weighted by molar-refractivity contribution is -0.668. The number of phenolic OH excluding ortho intramolecular Hbond substituents is 1. The Balaban J connectivity index is 2.21. The molecule has 1 aliphatic rings. The number of phenols is 1. The monoisotopic (exact) mass is 530 g/mol. The summed E-state index contributed by atoms with van der Waals surface area (Å²) in [6, 6.07) is 3.54. The van der Waals surface area contributed by atoms with Crippen molar-refractivity contribution >= 4 is 51.2 Å². The molecule has 0 aromatic heterocycles. The number of rotatable bonds is 5. The molecule has 0 radical (unpaired) electrons. The van der Waals surface area contributed by atoms with Gasteiger partial charge in [0.2, 0.25) is 0 Å². The van der Waals surface area contributed by atoms with E-state index in [0.29, 0.717) is 3.57 Å². The fraction of sp³-hybridized carbons (Fsp3) is 0.562. The first-order valence-corrected chi connectivity index (χ1v) is 9.86. The van der Waals surface area contributed by atoms with Gasteiger partial charge in [0.15, 0.2) is 0 Å². The van der Waals surface area contributed by atoms with Crippen molar-refractivity contribution in [2.75, 3.05) is 13.1 Å². The highest BCUT2D eigenvalue weighted by atomic mass is 127. The van der Waals surface area contributed by atoms with Crippen LogP contribution in [0.2, 0.25) is 0 Å². The van der Waals surface area contributed by atoms with Gasteiger partial charge in [-0.3, -0.25) is 0 Å². The summed E-state index contributed by atoms with van der Waals surface area (Å²) in [6.45, 7) is 4.14. The zero-order chi connectivity index (χ0) is 16.2. The average molecular weight is 530 g/mol. The number of unbranched alkanes of at least 4 members (excludes halogenated alkanes) is 1. The summed E-state index contributed by atoms with van der Waals surface area (Å²) in [4.78, 5) is 12.6. The van der Waals surface area contributed by atoms with Gasteiger partial charge in [-0.15, -0.1) is 0 Å². The summed E-state index contributed by atoms with van der Waals surface area (Å²) in [5.41, 5.74) is -0.0807. The van der Waals surface area contributed by atoms with E-state index in [4.69, 9.17) is 4.74 Å². The van der Waals surface area contributed by atoms with Crippen molar-refractivity contribution < 1.29 is 20.0 Å². The van der Waals surface area contributed by atoms with Crippen LogP contribution in [0.25, 0.3) is 0 Å². The quantitative estimate of drug-likeness (QED) is 0.455. The van der Waals surface area contributed by atoms with E-state index in [2.05, 4.69) is 34.8 Å². The molecule has 0 bridgehead atoms. The van der Waals surface area contributed by atoms with Gasteiger partial charge in [-0.1, -0.05) is 13.3 Å². The second-order valence-corrected chi connectivity index (χ2v) is 8.23. The Kier molecular flexibility index (Phi) is 6.75. The van der Waals surface area contributed by atoms with E-state index >= 15 is 0 Å². The van der Waals surface area contributed by atoms with Crippen molar-refractivity contribution in [2.24, 2.45) is 0 Å². The van der Waals surface area contributed by atoms with Gasteiger partial charge in [0.1, 0.15) is 16.9 Å². The van der Waals surface area contributed by atoms with Crippen molar-refractivity contribution in [3.8, 4) is 5.75 Å². The number of carbonyl (C=O) groups excluding carboxylic acids is 1. The lowest BCUT2D eigenvalue weighted by atomic mass is 9.87. The fourth-order valence-electron chi connectivity index (χ4n) is 2.87. The number of benzene rings is 1. The zero-order valence-electron chi connectivity index (χ0n) is 12.7. The van der Waals surface area contributed by atoms with E-state index in [1.165, 1.54) is 0 Å². The van der Waals surface area contributed by atoms with E-state index in [-0.39, 0.29) is 16.9 Å². The zero-order valence-corrected chi connectivity index (χ0v) is 17.0. The third kappa shape index (κ3) is 4.47. The maximum Gasteiger partial charge on any atom is 0.342 e. The molecular formula is C16H22I2NO3+. The first-order chi connectivity index (χ1) is 10.5. The summed E-state index contributed by atoms with van der Waals surface area (Å²) in [6.07, 6.45) is 4.84. The average Bonchev–Trinajstić information content (AvgIpc) is 2.49. The van der Waals surface area contributed by atoms with Gasteiger partial charge >= 0.3 is 5.97 Å². The Morgan fingerprint density at radius 1 is 1.36 bits per heavy atom. The maximum atomic E-state index is 12.6. The van der Waals surface area contributed by atoms with Crippen LogP contribution >= 0.6 is 45.2 Å². The fourth-order valence-corrected chi connectivity index (χ4v) is 4.72. The molecule has 0 atom stereocenters. The molecule has 1 aromatic rings. The van der Waals surface area contributed by atoms with Gasteiger partial charge in [-0.2, -0.15) is 0 Å². The maximum absolute atomic E-state index is 12.6. The van der Waals surface area contributed by atoms with Crippen LogP contribution in [0.15, 0.2) is 12.1 Å². The number of hydrogen-bond acceptors (Lipinski definition) is 3. The molecule has 122 valence electrons. The molecule has 1 aliphatic heterocycles. The normalized spacial score (nSPS) is 17.2. The highest BCUT2D eigenvalue weighted by Crippen LogP contribution is 2.32. The number of ether oxygens (including phenoxy) is 1. The minimum Gasteiger partial charge on any atom is -0.506 e. The van der Waals surface area contributed by atoms with Gasteiger partial charge in [0.25, 0.3) is 0 Å². The van der Waals surface area contributed by atoms with Gasteiger partial charge in [0.05, 0.1) is 16.7 Å². The lowest BCUT2D eigenvalue weighted by Gasteiger charge is -2.35. The largest absolute Gasteiger partial charge is 0.506 e. The van der Waals surface area contributed by atoms with Crippen LogP contribution in [0, 0.1) is 7.14 Å². The number of aromatic hydroxyl groups is 1. The van der Waals surface area contributed by atoms with E-state index in [1.54, 1.807) is 6.07 Å². The molecule has 1 fully saturated rings. The van der Waals surface area contributed by atoms with Gasteiger partial charge in [0, 0.05) is 16.4 Å². The standard InChI is InChI=1S/C16H21I2NO3/c1-2-3-4-16(5-7-19-8-6-16)22-15(21)12-9-11(17)10-13(18)14(12)20/h9-10,19-20H,2-8H2,1H3/p+1. The molecule has 3 N–H and O–H groups in total. The third-order valence-electron chi connectivity index (χ3n) is 4.15. The molecule has 0 unspecified atom stereocenters. The predicted octanol–water partition coefficient (Wildman–Crippen LogP) is 3.04. The Bertz CT molecular complexity index is 542. The van der Waals surface area contributed by atoms with E-state index < -0.39 is 5.97 Å². The van der Waals surface area contributed by atoms with Crippen molar-refractivity contribution in [3.63, 3.8) is 0 Å². The molecule has 0 spiro atoms. The van der Waals surface area contributed by atoms with Crippen LogP contribution in [0.4, 0.5) is 0 Å². The molecule has 2 rings (SSSR count). The summed E-state index contributed by atoms with van der Waals surface area (Å²) in [7, 11) is 0. The first kappa shape index (κ1) is 18.3. The number of halogens is 2. The van der Waals surface area contributed by atoms with E-state index in [9.17, 15) is 9.90 Å².